The minimum atomic E-state index is -1.06. The van der Waals surface area contributed by atoms with Crippen molar-refractivity contribution in [2.75, 3.05) is 39.5 Å². The van der Waals surface area contributed by atoms with Gasteiger partial charge in [-0.1, -0.05) is 18.2 Å². The number of rotatable bonds is 10. The fraction of sp³-hybridized carbons (Fsp3) is 0.458. The molecule has 0 saturated carbocycles. The number of pyridine rings is 1. The zero-order valence-corrected chi connectivity index (χ0v) is 18.6. The van der Waals surface area contributed by atoms with E-state index in [1.165, 1.54) is 6.20 Å². The number of benzene rings is 1. The standard InChI is InChI=1S/C24H30N2O6/c1-3-30-22(27)16-26-12-9-18(10-13-26)31-14-15-32-21-8-4-6-19(17(21)2)20-7-5-11-25-23(20)24(28)29/h4-8,11,18H,3,9-10,12-16H2,1-2H3,(H,28,29). The van der Waals surface area contributed by atoms with Crippen LogP contribution in [0, 0.1) is 6.92 Å². The molecule has 0 radical (unpaired) electrons. The molecule has 1 fully saturated rings. The summed E-state index contributed by atoms with van der Waals surface area (Å²) < 4.78 is 16.9. The van der Waals surface area contributed by atoms with Crippen LogP contribution in [0.25, 0.3) is 11.1 Å². The van der Waals surface area contributed by atoms with Crippen LogP contribution in [-0.2, 0) is 14.3 Å². The Morgan fingerprint density at radius 3 is 2.59 bits per heavy atom. The fourth-order valence-electron chi connectivity index (χ4n) is 3.85. The van der Waals surface area contributed by atoms with Crippen LogP contribution in [0.5, 0.6) is 5.75 Å². The maximum absolute atomic E-state index is 11.6. The number of carbonyl (C=O) groups is 2. The number of carboxylic acid groups (broad SMARTS) is 1. The first-order valence-corrected chi connectivity index (χ1v) is 10.9. The summed E-state index contributed by atoms with van der Waals surface area (Å²) in [5.74, 6) is -0.553. The number of piperidine rings is 1. The van der Waals surface area contributed by atoms with Crippen LogP contribution in [0.3, 0.4) is 0 Å². The highest BCUT2D eigenvalue weighted by molar-refractivity contribution is 5.94. The zero-order valence-electron chi connectivity index (χ0n) is 18.6. The highest BCUT2D eigenvalue weighted by atomic mass is 16.5. The predicted molar refractivity (Wildman–Crippen MR) is 119 cm³/mol. The molecule has 2 heterocycles. The van der Waals surface area contributed by atoms with Gasteiger partial charge in [0.1, 0.15) is 12.4 Å². The van der Waals surface area contributed by atoms with Gasteiger partial charge in [-0.2, -0.15) is 0 Å². The Morgan fingerprint density at radius 2 is 1.88 bits per heavy atom. The van der Waals surface area contributed by atoms with Crippen molar-refractivity contribution in [3.05, 3.63) is 47.8 Å². The summed E-state index contributed by atoms with van der Waals surface area (Å²) in [6, 6.07) is 9.05. The molecule has 0 atom stereocenters. The molecule has 32 heavy (non-hydrogen) atoms. The van der Waals surface area contributed by atoms with Gasteiger partial charge >= 0.3 is 11.9 Å². The highest BCUT2D eigenvalue weighted by Crippen LogP contribution is 2.31. The van der Waals surface area contributed by atoms with E-state index in [4.69, 9.17) is 14.2 Å². The first-order chi connectivity index (χ1) is 15.5. The van der Waals surface area contributed by atoms with E-state index in [0.717, 1.165) is 37.1 Å². The lowest BCUT2D eigenvalue weighted by Gasteiger charge is -2.31. The van der Waals surface area contributed by atoms with Crippen LogP contribution in [0.4, 0.5) is 0 Å². The first kappa shape index (κ1) is 23.7. The van der Waals surface area contributed by atoms with Crippen LogP contribution in [0.1, 0.15) is 35.8 Å². The molecule has 0 spiro atoms. The van der Waals surface area contributed by atoms with E-state index in [1.54, 1.807) is 12.1 Å². The number of hydrogen-bond acceptors (Lipinski definition) is 7. The summed E-state index contributed by atoms with van der Waals surface area (Å²) in [5.41, 5.74) is 2.22. The minimum Gasteiger partial charge on any atom is -0.491 e. The maximum Gasteiger partial charge on any atom is 0.355 e. The number of aromatic nitrogens is 1. The molecule has 1 saturated heterocycles. The van der Waals surface area contributed by atoms with E-state index in [-0.39, 0.29) is 17.8 Å². The largest absolute Gasteiger partial charge is 0.491 e. The van der Waals surface area contributed by atoms with E-state index in [1.807, 2.05) is 32.0 Å². The van der Waals surface area contributed by atoms with Gasteiger partial charge in [0.25, 0.3) is 0 Å². The molecule has 1 N–H and O–H groups in total. The van der Waals surface area contributed by atoms with Crippen molar-refractivity contribution in [1.82, 2.24) is 9.88 Å². The molecule has 8 nitrogen and oxygen atoms in total. The average molecular weight is 443 g/mol. The zero-order chi connectivity index (χ0) is 22.9. The summed E-state index contributed by atoms with van der Waals surface area (Å²) in [5, 5.41) is 9.43. The second kappa shape index (κ2) is 11.6. The van der Waals surface area contributed by atoms with E-state index < -0.39 is 5.97 Å². The van der Waals surface area contributed by atoms with Crippen LogP contribution < -0.4 is 4.74 Å². The monoisotopic (exact) mass is 442 g/mol. The van der Waals surface area contributed by atoms with E-state index in [0.29, 0.717) is 37.7 Å². The van der Waals surface area contributed by atoms with Gasteiger partial charge in [0.15, 0.2) is 5.69 Å². The average Bonchev–Trinajstić information content (AvgIpc) is 2.79. The van der Waals surface area contributed by atoms with Crippen molar-refractivity contribution in [2.45, 2.75) is 32.8 Å². The third kappa shape index (κ3) is 6.27. The smallest absolute Gasteiger partial charge is 0.355 e. The molecule has 0 unspecified atom stereocenters. The molecule has 1 aliphatic rings. The molecule has 1 aromatic carbocycles. The molecule has 1 aliphatic heterocycles. The van der Waals surface area contributed by atoms with Crippen molar-refractivity contribution < 1.29 is 28.9 Å². The fourth-order valence-corrected chi connectivity index (χ4v) is 3.85. The molecule has 8 heteroatoms. The van der Waals surface area contributed by atoms with Gasteiger partial charge in [-0.05, 0) is 49.9 Å². The number of esters is 1. The molecular formula is C24H30N2O6. The predicted octanol–water partition coefficient (Wildman–Crippen LogP) is 3.18. The summed E-state index contributed by atoms with van der Waals surface area (Å²) in [6.45, 7) is 6.92. The van der Waals surface area contributed by atoms with Gasteiger partial charge in [0.05, 0.1) is 25.9 Å². The Bertz CT molecular complexity index is 924. The normalized spacial score (nSPS) is 14.8. The third-order valence-electron chi connectivity index (χ3n) is 5.47. The molecule has 172 valence electrons. The molecule has 1 aromatic heterocycles. The van der Waals surface area contributed by atoms with Crippen molar-refractivity contribution in [1.29, 1.82) is 0 Å². The lowest BCUT2D eigenvalue weighted by atomic mass is 9.98. The topological polar surface area (TPSA) is 98.2 Å². The van der Waals surface area contributed by atoms with E-state index >= 15 is 0 Å². The van der Waals surface area contributed by atoms with E-state index in [2.05, 4.69) is 9.88 Å². The van der Waals surface area contributed by atoms with Crippen LogP contribution in [0.15, 0.2) is 36.5 Å². The van der Waals surface area contributed by atoms with Gasteiger partial charge in [-0.25, -0.2) is 9.78 Å². The van der Waals surface area contributed by atoms with Gasteiger partial charge in [0.2, 0.25) is 0 Å². The van der Waals surface area contributed by atoms with Gasteiger partial charge in [-0.15, -0.1) is 0 Å². The van der Waals surface area contributed by atoms with Gasteiger partial charge < -0.3 is 19.3 Å². The van der Waals surface area contributed by atoms with Crippen molar-refractivity contribution >= 4 is 11.9 Å². The molecule has 0 bridgehead atoms. The lowest BCUT2D eigenvalue weighted by Crippen LogP contribution is -2.40. The molecule has 0 aliphatic carbocycles. The summed E-state index contributed by atoms with van der Waals surface area (Å²) in [4.78, 5) is 29.2. The summed E-state index contributed by atoms with van der Waals surface area (Å²) in [7, 11) is 0. The number of aromatic carboxylic acids is 1. The van der Waals surface area contributed by atoms with Crippen molar-refractivity contribution in [3.8, 4) is 16.9 Å². The van der Waals surface area contributed by atoms with Crippen molar-refractivity contribution in [3.63, 3.8) is 0 Å². The van der Waals surface area contributed by atoms with Gasteiger partial charge in [0, 0.05) is 24.8 Å². The molecule has 2 aromatic rings. The Kier molecular flexibility index (Phi) is 8.58. The van der Waals surface area contributed by atoms with E-state index in [9.17, 15) is 14.7 Å². The Labute approximate surface area is 188 Å². The maximum atomic E-state index is 11.6. The SMILES string of the molecule is CCOC(=O)CN1CCC(OCCOc2cccc(-c3cccnc3C(=O)O)c2C)CC1. The third-order valence-corrected chi connectivity index (χ3v) is 5.47. The van der Waals surface area contributed by atoms with Crippen LogP contribution >= 0.6 is 0 Å². The number of ether oxygens (including phenoxy) is 3. The Morgan fingerprint density at radius 1 is 1.12 bits per heavy atom. The Hall–Kier alpha value is -2.97. The van der Waals surface area contributed by atoms with Crippen LogP contribution in [-0.4, -0.2) is 72.5 Å². The number of carbonyl (C=O) groups excluding carboxylic acids is 1. The number of nitrogens with zero attached hydrogens (tertiary/aromatic N) is 2. The molecule has 3 rings (SSSR count). The van der Waals surface area contributed by atoms with Gasteiger partial charge in [-0.3, -0.25) is 9.69 Å². The second-order valence-corrected chi connectivity index (χ2v) is 7.63. The first-order valence-electron chi connectivity index (χ1n) is 10.9. The minimum absolute atomic E-state index is 0.0189. The summed E-state index contributed by atoms with van der Waals surface area (Å²) in [6.07, 6.45) is 3.36. The van der Waals surface area contributed by atoms with Crippen LogP contribution in [0.2, 0.25) is 0 Å². The molecule has 0 amide bonds. The van der Waals surface area contributed by atoms with Crippen molar-refractivity contribution in [2.24, 2.45) is 0 Å². The number of likely N-dealkylation sites (tertiary alicyclic amines) is 1. The Balaban J connectivity index is 1.48. The highest BCUT2D eigenvalue weighted by Gasteiger charge is 2.22. The lowest BCUT2D eigenvalue weighted by molar-refractivity contribution is -0.145. The second-order valence-electron chi connectivity index (χ2n) is 7.63. The number of carboxylic acids is 1. The molecular weight excluding hydrogens is 412 g/mol. The summed E-state index contributed by atoms with van der Waals surface area (Å²) >= 11 is 0. The number of hydrogen-bond donors (Lipinski definition) is 1. The quantitative estimate of drug-likeness (QED) is 0.443.